The molecule has 1 atom stereocenters. The third kappa shape index (κ3) is 2.91. The van der Waals surface area contributed by atoms with Crippen molar-refractivity contribution in [2.75, 3.05) is 11.4 Å². The summed E-state index contributed by atoms with van der Waals surface area (Å²) in [6.07, 6.45) is 4.30. The van der Waals surface area contributed by atoms with Gasteiger partial charge in [0, 0.05) is 6.54 Å². The third-order valence-corrected chi connectivity index (χ3v) is 6.29. The van der Waals surface area contributed by atoms with Crippen LogP contribution in [0, 0.1) is 27.7 Å². The molecule has 1 aliphatic heterocycles. The first-order valence-electron chi connectivity index (χ1n) is 10.3. The van der Waals surface area contributed by atoms with Gasteiger partial charge in [0.25, 0.3) is 0 Å². The van der Waals surface area contributed by atoms with Crippen LogP contribution < -0.4 is 4.90 Å². The number of hydrogen-bond donors (Lipinski definition) is 1. The van der Waals surface area contributed by atoms with E-state index in [1.165, 1.54) is 27.8 Å². The molecule has 0 unspecified atom stereocenters. The molecule has 0 amide bonds. The molecule has 30 heavy (non-hydrogen) atoms. The predicted molar refractivity (Wildman–Crippen MR) is 120 cm³/mol. The van der Waals surface area contributed by atoms with Crippen LogP contribution in [0.15, 0.2) is 48.8 Å². The van der Waals surface area contributed by atoms with Crippen LogP contribution >= 0.6 is 0 Å². The minimum atomic E-state index is 0.0975. The number of nitrogens with one attached hydrogen (secondary N) is 1. The SMILES string of the molecule is C=C1C[C@@H](c2nc3cc(C)c(C)cc3[nH]2)N(c2c(-n3nccn3)ccc(C)c2C)C1. The minimum absolute atomic E-state index is 0.0975. The molecule has 0 saturated carbocycles. The van der Waals surface area contributed by atoms with Gasteiger partial charge in [-0.25, -0.2) is 4.98 Å². The standard InChI is InChI=1S/C24H26N6/c1-14-10-22(24-27-19-11-16(3)17(4)12-20(19)28-24)29(13-14)23-18(5)15(2)6-7-21(23)30-25-8-9-26-30/h6-9,11-12,22H,1,10,13H2,2-5H3,(H,27,28)/t22-/m0/s1. The van der Waals surface area contributed by atoms with Crippen LogP contribution in [-0.2, 0) is 0 Å². The average molecular weight is 399 g/mol. The molecule has 2 aromatic carbocycles. The molecule has 1 fully saturated rings. The highest BCUT2D eigenvalue weighted by Crippen LogP contribution is 2.42. The van der Waals surface area contributed by atoms with Crippen LogP contribution in [0.4, 0.5) is 5.69 Å². The van der Waals surface area contributed by atoms with Gasteiger partial charge in [0.1, 0.15) is 11.5 Å². The van der Waals surface area contributed by atoms with Crippen molar-refractivity contribution in [3.8, 4) is 5.69 Å². The van der Waals surface area contributed by atoms with Crippen LogP contribution in [0.1, 0.15) is 40.5 Å². The lowest BCUT2D eigenvalue weighted by Gasteiger charge is -2.29. The van der Waals surface area contributed by atoms with Crippen molar-refractivity contribution < 1.29 is 0 Å². The number of anilines is 1. The van der Waals surface area contributed by atoms with Gasteiger partial charge in [0.05, 0.1) is 35.2 Å². The highest BCUT2D eigenvalue weighted by atomic mass is 15.5. The normalized spacial score (nSPS) is 16.7. The van der Waals surface area contributed by atoms with E-state index < -0.39 is 0 Å². The molecule has 152 valence electrons. The van der Waals surface area contributed by atoms with Crippen LogP contribution in [0.2, 0.25) is 0 Å². The summed E-state index contributed by atoms with van der Waals surface area (Å²) in [5.74, 6) is 0.980. The highest BCUT2D eigenvalue weighted by Gasteiger charge is 2.34. The topological polar surface area (TPSA) is 62.6 Å². The molecule has 2 aromatic heterocycles. The largest absolute Gasteiger partial charge is 0.355 e. The number of fused-ring (bicyclic) bond motifs is 1. The highest BCUT2D eigenvalue weighted by molar-refractivity contribution is 5.78. The number of hydrogen-bond acceptors (Lipinski definition) is 4. The van der Waals surface area contributed by atoms with Gasteiger partial charge in [0.15, 0.2) is 0 Å². The second kappa shape index (κ2) is 6.83. The summed E-state index contributed by atoms with van der Waals surface area (Å²) in [6.45, 7) is 13.7. The Morgan fingerprint density at radius 2 is 1.73 bits per heavy atom. The lowest BCUT2D eigenvalue weighted by Crippen LogP contribution is -2.26. The Labute approximate surface area is 176 Å². The van der Waals surface area contributed by atoms with Gasteiger partial charge in [-0.15, -0.1) is 4.80 Å². The summed E-state index contributed by atoms with van der Waals surface area (Å²) >= 11 is 0. The van der Waals surface area contributed by atoms with Gasteiger partial charge < -0.3 is 9.88 Å². The van der Waals surface area contributed by atoms with E-state index in [1.807, 2.05) is 0 Å². The molecular formula is C24H26N6. The maximum atomic E-state index is 4.97. The number of rotatable bonds is 3. The van der Waals surface area contributed by atoms with E-state index in [0.717, 1.165) is 41.2 Å². The lowest BCUT2D eigenvalue weighted by atomic mass is 10.0. The summed E-state index contributed by atoms with van der Waals surface area (Å²) < 4.78 is 0. The van der Waals surface area contributed by atoms with E-state index in [9.17, 15) is 0 Å². The minimum Gasteiger partial charge on any atom is -0.355 e. The van der Waals surface area contributed by atoms with Crippen molar-refractivity contribution in [2.24, 2.45) is 0 Å². The fourth-order valence-electron chi connectivity index (χ4n) is 4.38. The molecule has 1 aliphatic rings. The van der Waals surface area contributed by atoms with Gasteiger partial charge in [-0.1, -0.05) is 18.2 Å². The Bertz CT molecular complexity index is 1230. The number of benzene rings is 2. The van der Waals surface area contributed by atoms with Crippen molar-refractivity contribution in [1.29, 1.82) is 0 Å². The van der Waals surface area contributed by atoms with Gasteiger partial charge in [-0.05, 0) is 74.6 Å². The fraction of sp³-hybridized carbons (Fsp3) is 0.292. The molecule has 6 nitrogen and oxygen atoms in total. The van der Waals surface area contributed by atoms with Gasteiger partial charge in [-0.2, -0.15) is 10.2 Å². The monoisotopic (exact) mass is 398 g/mol. The first-order valence-corrected chi connectivity index (χ1v) is 10.3. The van der Waals surface area contributed by atoms with Crippen LogP contribution in [0.3, 0.4) is 0 Å². The Morgan fingerprint density at radius 1 is 1.00 bits per heavy atom. The van der Waals surface area contributed by atoms with Crippen molar-refractivity contribution in [3.63, 3.8) is 0 Å². The zero-order valence-corrected chi connectivity index (χ0v) is 17.9. The molecule has 1 saturated heterocycles. The fourth-order valence-corrected chi connectivity index (χ4v) is 4.38. The van der Waals surface area contributed by atoms with E-state index in [-0.39, 0.29) is 6.04 Å². The first kappa shape index (κ1) is 18.6. The van der Waals surface area contributed by atoms with Gasteiger partial charge >= 0.3 is 0 Å². The third-order valence-electron chi connectivity index (χ3n) is 6.29. The van der Waals surface area contributed by atoms with Crippen LogP contribution in [0.25, 0.3) is 16.7 Å². The lowest BCUT2D eigenvalue weighted by molar-refractivity contribution is 0.677. The van der Waals surface area contributed by atoms with Crippen molar-refractivity contribution in [2.45, 2.75) is 40.2 Å². The molecule has 0 aliphatic carbocycles. The molecular weight excluding hydrogens is 372 g/mol. The molecule has 0 bridgehead atoms. The number of H-pyrrole nitrogens is 1. The second-order valence-electron chi connectivity index (χ2n) is 8.37. The zero-order valence-electron chi connectivity index (χ0n) is 17.9. The zero-order chi connectivity index (χ0) is 21.0. The molecule has 5 rings (SSSR count). The number of nitrogens with zero attached hydrogens (tertiary/aromatic N) is 5. The summed E-state index contributed by atoms with van der Waals surface area (Å²) in [6, 6.07) is 8.67. The second-order valence-corrected chi connectivity index (χ2v) is 8.37. The Morgan fingerprint density at radius 3 is 2.50 bits per heavy atom. The van der Waals surface area contributed by atoms with Crippen LogP contribution in [0.5, 0.6) is 0 Å². The van der Waals surface area contributed by atoms with Crippen LogP contribution in [-0.4, -0.2) is 31.5 Å². The van der Waals surface area contributed by atoms with Crippen molar-refractivity contribution in [1.82, 2.24) is 25.0 Å². The number of aryl methyl sites for hydroxylation is 3. The Hall–Kier alpha value is -3.41. The molecule has 0 radical (unpaired) electrons. The van der Waals surface area contributed by atoms with Crippen molar-refractivity contribution in [3.05, 3.63) is 76.9 Å². The maximum Gasteiger partial charge on any atom is 0.130 e. The molecule has 3 heterocycles. The Balaban J connectivity index is 1.66. The van der Waals surface area contributed by atoms with E-state index in [2.05, 4.69) is 78.6 Å². The van der Waals surface area contributed by atoms with E-state index in [0.29, 0.717) is 0 Å². The van der Waals surface area contributed by atoms with Crippen molar-refractivity contribution >= 4 is 16.7 Å². The smallest absolute Gasteiger partial charge is 0.130 e. The van der Waals surface area contributed by atoms with E-state index in [4.69, 9.17) is 4.98 Å². The van der Waals surface area contributed by atoms with E-state index >= 15 is 0 Å². The average Bonchev–Trinajstić information content (AvgIpc) is 3.44. The number of aromatic nitrogens is 5. The van der Waals surface area contributed by atoms with Gasteiger partial charge in [0.2, 0.25) is 0 Å². The summed E-state index contributed by atoms with van der Waals surface area (Å²) in [4.78, 5) is 12.7. The summed E-state index contributed by atoms with van der Waals surface area (Å²) in [5.41, 5.74) is 10.4. The summed E-state index contributed by atoms with van der Waals surface area (Å²) in [5, 5.41) is 8.79. The number of aromatic amines is 1. The predicted octanol–water partition coefficient (Wildman–Crippen LogP) is 4.88. The molecule has 4 aromatic rings. The van der Waals surface area contributed by atoms with E-state index in [1.54, 1.807) is 17.2 Å². The van der Waals surface area contributed by atoms with Gasteiger partial charge in [-0.3, -0.25) is 0 Å². The molecule has 0 spiro atoms. The summed E-state index contributed by atoms with van der Waals surface area (Å²) in [7, 11) is 0. The molecule has 6 heteroatoms. The first-order chi connectivity index (χ1) is 14.4. The Kier molecular flexibility index (Phi) is 4.24. The molecule has 1 N–H and O–H groups in total. The quantitative estimate of drug-likeness (QED) is 0.499. The number of imidazole rings is 1. The maximum absolute atomic E-state index is 4.97.